The van der Waals surface area contributed by atoms with Gasteiger partial charge in [0.25, 0.3) is 5.91 Å². The van der Waals surface area contributed by atoms with E-state index in [4.69, 9.17) is 0 Å². The molecule has 0 aliphatic rings. The molecule has 0 fully saturated rings. The highest BCUT2D eigenvalue weighted by atomic mass is 32.2. The Morgan fingerprint density at radius 3 is 2.54 bits per heavy atom. The van der Waals surface area contributed by atoms with Gasteiger partial charge in [-0.05, 0) is 36.2 Å². The molecule has 6 nitrogen and oxygen atoms in total. The molecule has 0 aliphatic heterocycles. The minimum absolute atomic E-state index is 0.177. The summed E-state index contributed by atoms with van der Waals surface area (Å²) in [5, 5.41) is 15.0. The number of carbonyl (C=O) groups is 1. The second-order valence-electron chi connectivity index (χ2n) is 7.73. The first-order valence-corrected chi connectivity index (χ1v) is 14.0. The SMILES string of the molecule is CCn1c2ccccc2c2cc(/C=N/NC(=O)CSc3nnc(SCc4ccccc4)s3)ccc21. The number of rotatable bonds is 9. The predicted molar refractivity (Wildman–Crippen MR) is 147 cm³/mol. The van der Waals surface area contributed by atoms with E-state index in [2.05, 4.69) is 80.7 Å². The van der Waals surface area contributed by atoms with E-state index in [0.29, 0.717) is 0 Å². The number of nitrogens with one attached hydrogen (secondary N) is 1. The number of aryl methyl sites for hydroxylation is 1. The zero-order valence-corrected chi connectivity index (χ0v) is 21.5. The number of amides is 1. The highest BCUT2D eigenvalue weighted by Crippen LogP contribution is 2.31. The standard InChI is InChI=1S/C26H23N5OS3/c1-2-31-22-11-7-6-10-20(22)21-14-19(12-13-23(21)31)15-27-28-24(32)17-34-26-30-29-25(35-26)33-16-18-8-4-3-5-9-18/h3-15H,2,16-17H2,1H3,(H,28,32)/b27-15+. The van der Waals surface area contributed by atoms with Crippen LogP contribution in [-0.4, -0.2) is 32.6 Å². The maximum atomic E-state index is 12.3. The number of hydrogen-bond acceptors (Lipinski definition) is 7. The Morgan fingerprint density at radius 1 is 0.971 bits per heavy atom. The summed E-state index contributed by atoms with van der Waals surface area (Å²) in [6.07, 6.45) is 1.68. The number of hydrazone groups is 1. The molecule has 5 aromatic rings. The normalized spacial score (nSPS) is 11.6. The molecule has 0 aliphatic carbocycles. The van der Waals surface area contributed by atoms with Crippen LogP contribution in [0.5, 0.6) is 0 Å². The third-order valence-electron chi connectivity index (χ3n) is 5.44. The quantitative estimate of drug-likeness (QED) is 0.143. The lowest BCUT2D eigenvalue weighted by Gasteiger charge is -2.02. The molecule has 1 amide bonds. The van der Waals surface area contributed by atoms with Crippen molar-refractivity contribution in [1.29, 1.82) is 0 Å². The van der Waals surface area contributed by atoms with Gasteiger partial charge in [-0.15, -0.1) is 10.2 Å². The lowest BCUT2D eigenvalue weighted by Crippen LogP contribution is -2.19. The summed E-state index contributed by atoms with van der Waals surface area (Å²) in [4.78, 5) is 12.3. The molecule has 0 bridgehead atoms. The first-order valence-electron chi connectivity index (χ1n) is 11.2. The Hall–Kier alpha value is -3.14. The molecule has 0 saturated heterocycles. The first kappa shape index (κ1) is 23.6. The van der Waals surface area contributed by atoms with Crippen LogP contribution in [0.25, 0.3) is 21.8 Å². The van der Waals surface area contributed by atoms with E-state index in [9.17, 15) is 4.79 Å². The number of benzene rings is 3. The molecule has 3 aromatic carbocycles. The predicted octanol–water partition coefficient (Wildman–Crippen LogP) is 6.20. The maximum absolute atomic E-state index is 12.3. The van der Waals surface area contributed by atoms with Crippen LogP contribution in [0.1, 0.15) is 18.1 Å². The molecule has 2 heterocycles. The monoisotopic (exact) mass is 517 g/mol. The van der Waals surface area contributed by atoms with Gasteiger partial charge in [0.05, 0.1) is 12.0 Å². The number of fused-ring (bicyclic) bond motifs is 3. The fourth-order valence-corrected chi connectivity index (χ4v) is 6.63. The summed E-state index contributed by atoms with van der Waals surface area (Å²) in [5.41, 5.74) is 7.22. The molecule has 2 aromatic heterocycles. The molecule has 0 saturated carbocycles. The van der Waals surface area contributed by atoms with Crippen molar-refractivity contribution in [2.45, 2.75) is 27.9 Å². The number of aromatic nitrogens is 3. The molecule has 176 valence electrons. The third kappa shape index (κ3) is 5.58. The van der Waals surface area contributed by atoms with Crippen LogP contribution in [0.3, 0.4) is 0 Å². The van der Waals surface area contributed by atoms with Crippen LogP contribution in [0.15, 0.2) is 86.6 Å². The number of para-hydroxylation sites is 1. The lowest BCUT2D eigenvalue weighted by molar-refractivity contribution is -0.118. The molecule has 0 spiro atoms. The zero-order valence-electron chi connectivity index (χ0n) is 19.0. The van der Waals surface area contributed by atoms with Gasteiger partial charge < -0.3 is 4.57 Å². The second kappa shape index (κ2) is 11.1. The van der Waals surface area contributed by atoms with Crippen molar-refractivity contribution in [3.63, 3.8) is 0 Å². The van der Waals surface area contributed by atoms with Gasteiger partial charge >= 0.3 is 0 Å². The highest BCUT2D eigenvalue weighted by molar-refractivity contribution is 8.03. The van der Waals surface area contributed by atoms with Crippen LogP contribution < -0.4 is 5.43 Å². The van der Waals surface area contributed by atoms with E-state index in [1.165, 1.54) is 50.5 Å². The molecule has 1 N–H and O–H groups in total. The third-order valence-corrected chi connectivity index (χ3v) is 8.70. The van der Waals surface area contributed by atoms with Gasteiger partial charge in [0.1, 0.15) is 0 Å². The molecule has 0 unspecified atom stereocenters. The molecule has 35 heavy (non-hydrogen) atoms. The molecule has 0 atom stereocenters. The molecular weight excluding hydrogens is 495 g/mol. The van der Waals surface area contributed by atoms with E-state index in [1.807, 2.05) is 24.3 Å². The average molecular weight is 518 g/mol. The van der Waals surface area contributed by atoms with Gasteiger partial charge in [-0.3, -0.25) is 4.79 Å². The summed E-state index contributed by atoms with van der Waals surface area (Å²) in [5.74, 6) is 0.905. The Labute approximate surface area is 215 Å². The van der Waals surface area contributed by atoms with Crippen molar-refractivity contribution in [2.24, 2.45) is 5.10 Å². The summed E-state index contributed by atoms with van der Waals surface area (Å²) in [6.45, 7) is 3.06. The topological polar surface area (TPSA) is 72.2 Å². The number of hydrogen-bond donors (Lipinski definition) is 1. The summed E-state index contributed by atoms with van der Waals surface area (Å²) in [6, 6.07) is 24.9. The maximum Gasteiger partial charge on any atom is 0.250 e. The smallest absolute Gasteiger partial charge is 0.250 e. The van der Waals surface area contributed by atoms with Crippen molar-refractivity contribution >= 4 is 68.8 Å². The summed E-state index contributed by atoms with van der Waals surface area (Å²) < 4.78 is 3.98. The van der Waals surface area contributed by atoms with Crippen molar-refractivity contribution in [3.05, 3.63) is 83.9 Å². The summed E-state index contributed by atoms with van der Waals surface area (Å²) in [7, 11) is 0. The van der Waals surface area contributed by atoms with Gasteiger partial charge in [-0.1, -0.05) is 89.5 Å². The Balaban J connectivity index is 1.15. The van der Waals surface area contributed by atoms with Crippen molar-refractivity contribution < 1.29 is 4.79 Å². The molecule has 5 rings (SSSR count). The van der Waals surface area contributed by atoms with E-state index in [-0.39, 0.29) is 11.7 Å². The summed E-state index contributed by atoms with van der Waals surface area (Å²) >= 11 is 4.52. The van der Waals surface area contributed by atoms with E-state index in [0.717, 1.165) is 26.5 Å². The second-order valence-corrected chi connectivity index (χ2v) is 11.2. The van der Waals surface area contributed by atoms with Crippen molar-refractivity contribution in [1.82, 2.24) is 20.2 Å². The minimum Gasteiger partial charge on any atom is -0.341 e. The molecule has 0 radical (unpaired) electrons. The Morgan fingerprint density at radius 2 is 1.71 bits per heavy atom. The fourth-order valence-electron chi connectivity index (χ4n) is 3.86. The van der Waals surface area contributed by atoms with Gasteiger partial charge in [0, 0.05) is 34.1 Å². The van der Waals surface area contributed by atoms with Crippen LogP contribution in [-0.2, 0) is 17.1 Å². The highest BCUT2D eigenvalue weighted by Gasteiger charge is 2.10. The van der Waals surface area contributed by atoms with Gasteiger partial charge in [0.2, 0.25) is 0 Å². The number of nitrogens with zero attached hydrogens (tertiary/aromatic N) is 4. The number of thioether (sulfide) groups is 2. The van der Waals surface area contributed by atoms with Crippen LogP contribution >= 0.6 is 34.9 Å². The van der Waals surface area contributed by atoms with Crippen LogP contribution in [0, 0.1) is 0 Å². The van der Waals surface area contributed by atoms with Crippen LogP contribution in [0.4, 0.5) is 0 Å². The lowest BCUT2D eigenvalue weighted by atomic mass is 10.1. The number of carbonyl (C=O) groups excluding carboxylic acids is 1. The van der Waals surface area contributed by atoms with E-state index >= 15 is 0 Å². The van der Waals surface area contributed by atoms with Gasteiger partial charge in [0.15, 0.2) is 8.68 Å². The Bertz CT molecular complexity index is 1490. The zero-order chi connectivity index (χ0) is 24.0. The average Bonchev–Trinajstić information content (AvgIpc) is 3.48. The van der Waals surface area contributed by atoms with E-state index in [1.54, 1.807) is 18.0 Å². The van der Waals surface area contributed by atoms with Crippen LogP contribution in [0.2, 0.25) is 0 Å². The first-order chi connectivity index (χ1) is 17.2. The Kier molecular flexibility index (Phi) is 7.46. The van der Waals surface area contributed by atoms with E-state index < -0.39 is 0 Å². The van der Waals surface area contributed by atoms with Gasteiger partial charge in [-0.2, -0.15) is 5.10 Å². The minimum atomic E-state index is -0.177. The fraction of sp³-hybridized carbons (Fsp3) is 0.154. The molecular formula is C26H23N5OS3. The molecule has 9 heteroatoms. The largest absolute Gasteiger partial charge is 0.341 e. The van der Waals surface area contributed by atoms with Crippen molar-refractivity contribution in [2.75, 3.05) is 5.75 Å². The van der Waals surface area contributed by atoms with Gasteiger partial charge in [-0.25, -0.2) is 5.43 Å². The van der Waals surface area contributed by atoms with Crippen molar-refractivity contribution in [3.8, 4) is 0 Å².